The van der Waals surface area contributed by atoms with Gasteiger partial charge in [0.15, 0.2) is 0 Å². The second kappa shape index (κ2) is 10.1. The lowest BCUT2D eigenvalue weighted by Crippen LogP contribution is -2.53. The van der Waals surface area contributed by atoms with Crippen molar-refractivity contribution in [3.8, 4) is 5.88 Å². The van der Waals surface area contributed by atoms with Gasteiger partial charge in [-0.1, -0.05) is 0 Å². The first kappa shape index (κ1) is 25.0. The second-order valence-corrected chi connectivity index (χ2v) is 11.4. The molecule has 4 aliphatic rings. The van der Waals surface area contributed by atoms with Crippen LogP contribution < -0.4 is 10.1 Å². The summed E-state index contributed by atoms with van der Waals surface area (Å²) in [6, 6.07) is 2.66. The number of aryl methyl sites for hydroxylation is 1. The van der Waals surface area contributed by atoms with Crippen LogP contribution in [0.3, 0.4) is 0 Å². The van der Waals surface area contributed by atoms with Crippen molar-refractivity contribution >= 4 is 34.5 Å². The Balaban J connectivity index is 1.15. The summed E-state index contributed by atoms with van der Waals surface area (Å²) in [5.74, 6) is 1.48. The number of nitrogens with zero attached hydrogens (tertiary/aromatic N) is 6. The average Bonchev–Trinajstić information content (AvgIpc) is 3.65. The Bertz CT molecular complexity index is 1290. The number of amides is 2. The lowest BCUT2D eigenvalue weighted by atomic mass is 9.81. The van der Waals surface area contributed by atoms with Crippen molar-refractivity contribution in [2.24, 2.45) is 23.9 Å². The van der Waals surface area contributed by atoms with Crippen molar-refractivity contribution in [1.29, 1.82) is 0 Å². The number of fused-ring (bicyclic) bond motifs is 1. The molecule has 2 saturated heterocycles. The Hall–Kier alpha value is -3.27. The maximum absolute atomic E-state index is 12.2. The number of likely N-dealkylation sites (N-methyl/N-ethyl adjacent to an activating group) is 1. The number of piperazine rings is 1. The van der Waals surface area contributed by atoms with Crippen LogP contribution in [0.2, 0.25) is 0 Å². The van der Waals surface area contributed by atoms with Gasteiger partial charge >= 0.3 is 0 Å². The number of aliphatic imine (C=N–C) groups is 1. The van der Waals surface area contributed by atoms with Crippen LogP contribution in [-0.4, -0.2) is 94.0 Å². The van der Waals surface area contributed by atoms with E-state index in [0.29, 0.717) is 37.4 Å². The van der Waals surface area contributed by atoms with Gasteiger partial charge in [-0.05, 0) is 50.7 Å². The largest absolute Gasteiger partial charge is 0.474 e. The quantitative estimate of drug-likeness (QED) is 0.626. The molecule has 0 radical (unpaired) electrons. The van der Waals surface area contributed by atoms with E-state index in [0.717, 1.165) is 60.9 Å². The molecule has 1 aliphatic carbocycles. The number of pyridine rings is 1. The Morgan fingerprint density at radius 1 is 1.13 bits per heavy atom. The predicted octanol–water partition coefficient (Wildman–Crippen LogP) is 2.04. The number of rotatable bonds is 6. The van der Waals surface area contributed by atoms with Gasteiger partial charge in [0.25, 0.3) is 0 Å². The highest BCUT2D eigenvalue weighted by atomic mass is 16.5. The number of hydrogen-bond donors (Lipinski definition) is 1. The van der Waals surface area contributed by atoms with E-state index in [1.54, 1.807) is 4.68 Å². The summed E-state index contributed by atoms with van der Waals surface area (Å²) >= 11 is 0. The summed E-state index contributed by atoms with van der Waals surface area (Å²) in [5.41, 5.74) is 2.65. The fourth-order valence-corrected chi connectivity index (χ4v) is 6.32. The molecule has 0 spiro atoms. The van der Waals surface area contributed by atoms with Gasteiger partial charge in [-0.3, -0.25) is 24.2 Å². The first-order valence-electron chi connectivity index (χ1n) is 13.8. The molecule has 3 atom stereocenters. The van der Waals surface area contributed by atoms with E-state index in [9.17, 15) is 9.59 Å². The molecule has 0 bridgehead atoms. The molecule has 10 heteroatoms. The SMILES string of the molecule is C[C@@H](Oc1nc(C2=CC(C3CCC(N4CCN(C)C(=O)C4)CC3)N=C2)cc2nn(C)cc12)[C@H]1CNC(=O)C1. The highest BCUT2D eigenvalue weighted by Crippen LogP contribution is 2.36. The molecule has 2 aromatic rings. The Morgan fingerprint density at radius 3 is 2.68 bits per heavy atom. The van der Waals surface area contributed by atoms with Crippen LogP contribution in [0, 0.1) is 11.8 Å². The summed E-state index contributed by atoms with van der Waals surface area (Å²) < 4.78 is 8.12. The molecule has 202 valence electrons. The summed E-state index contributed by atoms with van der Waals surface area (Å²) in [4.78, 5) is 37.9. The Labute approximate surface area is 223 Å². The Morgan fingerprint density at radius 2 is 1.95 bits per heavy atom. The molecule has 2 aromatic heterocycles. The fraction of sp³-hybridized carbons (Fsp3) is 0.607. The molecule has 2 amide bonds. The smallest absolute Gasteiger partial charge is 0.236 e. The zero-order chi connectivity index (χ0) is 26.4. The van der Waals surface area contributed by atoms with Gasteiger partial charge in [-0.15, -0.1) is 0 Å². The van der Waals surface area contributed by atoms with Crippen LogP contribution in [0.5, 0.6) is 5.88 Å². The molecular weight excluding hydrogens is 482 g/mol. The van der Waals surface area contributed by atoms with Gasteiger partial charge in [0.2, 0.25) is 17.7 Å². The highest BCUT2D eigenvalue weighted by Gasteiger charge is 2.34. The number of carbonyl (C=O) groups is 2. The highest BCUT2D eigenvalue weighted by molar-refractivity contribution is 6.12. The second-order valence-electron chi connectivity index (χ2n) is 11.4. The molecule has 10 nitrogen and oxygen atoms in total. The molecule has 1 saturated carbocycles. The van der Waals surface area contributed by atoms with E-state index in [1.165, 1.54) is 0 Å². The molecule has 3 aliphatic heterocycles. The lowest BCUT2D eigenvalue weighted by Gasteiger charge is -2.41. The summed E-state index contributed by atoms with van der Waals surface area (Å²) in [6.07, 6.45) is 10.9. The predicted molar refractivity (Wildman–Crippen MR) is 145 cm³/mol. The third-order valence-electron chi connectivity index (χ3n) is 8.81. The van der Waals surface area contributed by atoms with E-state index in [1.807, 2.05) is 44.4 Å². The molecule has 1 N–H and O–H groups in total. The third-order valence-corrected chi connectivity index (χ3v) is 8.81. The number of nitrogens with one attached hydrogen (secondary N) is 1. The maximum Gasteiger partial charge on any atom is 0.236 e. The first-order chi connectivity index (χ1) is 18.3. The van der Waals surface area contributed by atoms with Gasteiger partial charge < -0.3 is 15.0 Å². The minimum absolute atomic E-state index is 0.0723. The number of aromatic nitrogens is 3. The molecule has 3 fully saturated rings. The van der Waals surface area contributed by atoms with Crippen molar-refractivity contribution in [1.82, 2.24) is 29.9 Å². The monoisotopic (exact) mass is 519 g/mol. The van der Waals surface area contributed by atoms with E-state index in [2.05, 4.69) is 21.4 Å². The molecular formula is C28H37N7O3. The standard InChI is InChI=1S/C28H37N7O3/c1-17(19-11-26(36)30-13-19)38-28-22-15-34(3)32-25(22)12-24(31-28)20-10-23(29-14-20)18-4-6-21(7-5-18)35-9-8-33(2)27(37)16-35/h10,12,14-15,17-19,21,23H,4-9,11,13,16H2,1-3H3,(H,30,36)/t17-,18?,19-,21?,23?/m1/s1. The normalized spacial score (nSPS) is 29.1. The summed E-state index contributed by atoms with van der Waals surface area (Å²) in [6.45, 7) is 4.98. The van der Waals surface area contributed by atoms with Gasteiger partial charge in [0.1, 0.15) is 6.10 Å². The average molecular weight is 520 g/mol. The van der Waals surface area contributed by atoms with Crippen molar-refractivity contribution in [3.05, 3.63) is 24.0 Å². The van der Waals surface area contributed by atoms with Crippen molar-refractivity contribution in [2.75, 3.05) is 33.2 Å². The van der Waals surface area contributed by atoms with E-state index in [4.69, 9.17) is 14.7 Å². The maximum atomic E-state index is 12.2. The van der Waals surface area contributed by atoms with Gasteiger partial charge in [-0.25, -0.2) is 4.98 Å². The zero-order valence-electron chi connectivity index (χ0n) is 22.5. The first-order valence-corrected chi connectivity index (χ1v) is 13.8. The molecule has 0 aromatic carbocycles. The number of allylic oxidation sites excluding steroid dienone is 1. The number of hydrogen-bond acceptors (Lipinski definition) is 7. The third kappa shape index (κ3) is 4.93. The lowest BCUT2D eigenvalue weighted by molar-refractivity contribution is -0.135. The van der Waals surface area contributed by atoms with Crippen LogP contribution in [-0.2, 0) is 16.6 Å². The van der Waals surface area contributed by atoms with Crippen LogP contribution >= 0.6 is 0 Å². The Kier molecular flexibility index (Phi) is 6.67. The van der Waals surface area contributed by atoms with Gasteiger partial charge in [0, 0.05) is 70.1 Å². The van der Waals surface area contributed by atoms with Crippen molar-refractivity contribution in [2.45, 2.75) is 57.2 Å². The van der Waals surface area contributed by atoms with Gasteiger partial charge in [-0.2, -0.15) is 5.10 Å². The van der Waals surface area contributed by atoms with E-state index < -0.39 is 0 Å². The summed E-state index contributed by atoms with van der Waals surface area (Å²) in [5, 5.41) is 8.38. The van der Waals surface area contributed by atoms with Crippen LogP contribution in [0.25, 0.3) is 16.5 Å². The molecule has 38 heavy (non-hydrogen) atoms. The minimum Gasteiger partial charge on any atom is -0.474 e. The molecule has 1 unspecified atom stereocenters. The molecule has 6 rings (SSSR count). The van der Waals surface area contributed by atoms with E-state index >= 15 is 0 Å². The molecule has 5 heterocycles. The van der Waals surface area contributed by atoms with Crippen molar-refractivity contribution in [3.63, 3.8) is 0 Å². The topological polar surface area (TPSA) is 105 Å². The summed E-state index contributed by atoms with van der Waals surface area (Å²) in [7, 11) is 3.79. The van der Waals surface area contributed by atoms with Crippen molar-refractivity contribution < 1.29 is 14.3 Å². The van der Waals surface area contributed by atoms with E-state index in [-0.39, 0.29) is 29.9 Å². The van der Waals surface area contributed by atoms with Crippen LogP contribution in [0.15, 0.2) is 23.3 Å². The number of ether oxygens (including phenoxy) is 1. The zero-order valence-corrected chi connectivity index (χ0v) is 22.5. The fourth-order valence-electron chi connectivity index (χ4n) is 6.32. The van der Waals surface area contributed by atoms with Crippen LogP contribution in [0.4, 0.5) is 0 Å². The van der Waals surface area contributed by atoms with Crippen LogP contribution in [0.1, 0.15) is 44.7 Å². The number of carbonyl (C=O) groups excluding carboxylic acids is 2. The van der Waals surface area contributed by atoms with Gasteiger partial charge in [0.05, 0.1) is 29.2 Å². The minimum atomic E-state index is -0.148.